The maximum absolute atomic E-state index is 12.7. The minimum atomic E-state index is -0.448. The van der Waals surface area contributed by atoms with E-state index in [1.165, 1.54) is 35.5 Å². The van der Waals surface area contributed by atoms with E-state index in [1.807, 2.05) is 6.92 Å². The molecule has 0 atom stereocenters. The van der Waals surface area contributed by atoms with Crippen LogP contribution in [0.5, 0.6) is 0 Å². The summed E-state index contributed by atoms with van der Waals surface area (Å²) in [5.74, 6) is 1.05. The number of hydrogen-bond acceptors (Lipinski definition) is 7. The predicted octanol–water partition coefficient (Wildman–Crippen LogP) is 2.18. The summed E-state index contributed by atoms with van der Waals surface area (Å²) in [6.45, 7) is 2.00. The molecule has 3 aromatic rings. The number of non-ortho nitro benzene ring substituents is 1. The summed E-state index contributed by atoms with van der Waals surface area (Å²) in [5.41, 5.74) is 0.325. The Bertz CT molecular complexity index is 1170. The fraction of sp³-hybridized carbons (Fsp3) is 0.333. The Labute approximate surface area is 164 Å². The zero-order chi connectivity index (χ0) is 20.4. The van der Waals surface area contributed by atoms with Gasteiger partial charge >= 0.3 is 5.69 Å². The molecule has 9 nitrogen and oxygen atoms in total. The minimum Gasteiger partial charge on any atom is -0.280 e. The van der Waals surface area contributed by atoms with Gasteiger partial charge in [-0.25, -0.2) is 14.8 Å². The lowest BCUT2D eigenvalue weighted by molar-refractivity contribution is -0.384. The Kier molecular flexibility index (Phi) is 5.59. The number of thioether (sulfide) groups is 1. The number of fused-ring (bicyclic) bond motifs is 1. The predicted molar refractivity (Wildman–Crippen MR) is 107 cm³/mol. The Hall–Kier alpha value is -3.01. The first-order valence-corrected chi connectivity index (χ1v) is 9.64. The van der Waals surface area contributed by atoms with Gasteiger partial charge in [0, 0.05) is 38.4 Å². The van der Waals surface area contributed by atoms with Crippen molar-refractivity contribution >= 4 is 28.5 Å². The van der Waals surface area contributed by atoms with Crippen molar-refractivity contribution in [1.29, 1.82) is 0 Å². The first-order valence-electron chi connectivity index (χ1n) is 8.66. The maximum Gasteiger partial charge on any atom is 0.332 e. The van der Waals surface area contributed by atoms with E-state index in [4.69, 9.17) is 0 Å². The van der Waals surface area contributed by atoms with Crippen molar-refractivity contribution in [2.45, 2.75) is 30.5 Å². The highest BCUT2D eigenvalue weighted by Crippen LogP contribution is 2.26. The second kappa shape index (κ2) is 7.93. The molecule has 0 radical (unpaired) electrons. The Morgan fingerprint density at radius 2 is 1.79 bits per heavy atom. The molecule has 0 aliphatic rings. The van der Waals surface area contributed by atoms with Crippen LogP contribution < -0.4 is 11.2 Å². The van der Waals surface area contributed by atoms with Crippen LogP contribution in [0.15, 0.2) is 38.9 Å². The van der Waals surface area contributed by atoms with Gasteiger partial charge in [-0.15, -0.1) is 11.8 Å². The van der Waals surface area contributed by atoms with Gasteiger partial charge in [0.1, 0.15) is 16.2 Å². The molecule has 28 heavy (non-hydrogen) atoms. The molecule has 0 bridgehead atoms. The molecule has 0 spiro atoms. The molecule has 2 heterocycles. The van der Waals surface area contributed by atoms with Gasteiger partial charge < -0.3 is 0 Å². The number of benzene rings is 1. The highest BCUT2D eigenvalue weighted by Gasteiger charge is 2.17. The third kappa shape index (κ3) is 3.68. The lowest BCUT2D eigenvalue weighted by Crippen LogP contribution is -2.37. The smallest absolute Gasteiger partial charge is 0.280 e. The van der Waals surface area contributed by atoms with Crippen molar-refractivity contribution in [3.8, 4) is 0 Å². The van der Waals surface area contributed by atoms with E-state index >= 15 is 0 Å². The minimum absolute atomic E-state index is 0.0235. The quantitative estimate of drug-likeness (QED) is 0.269. The molecule has 0 saturated heterocycles. The maximum atomic E-state index is 12.7. The summed E-state index contributed by atoms with van der Waals surface area (Å²) in [5, 5.41) is 11.6. The lowest BCUT2D eigenvalue weighted by Gasteiger charge is -2.11. The topological polar surface area (TPSA) is 113 Å². The largest absolute Gasteiger partial charge is 0.332 e. The summed E-state index contributed by atoms with van der Waals surface area (Å²) in [4.78, 5) is 44.3. The third-order valence-electron chi connectivity index (χ3n) is 4.31. The summed E-state index contributed by atoms with van der Waals surface area (Å²) in [7, 11) is 3.01. The van der Waals surface area contributed by atoms with Gasteiger partial charge in [0.15, 0.2) is 5.65 Å². The molecular weight excluding hydrogens is 382 g/mol. The van der Waals surface area contributed by atoms with E-state index in [-0.39, 0.29) is 5.69 Å². The van der Waals surface area contributed by atoms with Gasteiger partial charge in [-0.1, -0.05) is 19.1 Å². The van der Waals surface area contributed by atoms with Gasteiger partial charge in [0.2, 0.25) is 0 Å². The van der Waals surface area contributed by atoms with Crippen molar-refractivity contribution in [1.82, 2.24) is 19.1 Å². The first kappa shape index (κ1) is 19.7. The fourth-order valence-corrected chi connectivity index (χ4v) is 3.77. The highest BCUT2D eigenvalue weighted by molar-refractivity contribution is 7.98. The van der Waals surface area contributed by atoms with Crippen LogP contribution in [0.4, 0.5) is 5.69 Å². The standard InChI is InChI=1S/C18H19N5O4S/c1-4-5-13-19-15-14(17(24)22(3)18(25)21(15)2)16(20-13)28-10-11-6-8-12(9-7-11)23(26)27/h6-9H,4-5,10H2,1-3H3. The van der Waals surface area contributed by atoms with Crippen molar-refractivity contribution in [2.75, 3.05) is 0 Å². The number of aromatic nitrogens is 4. The summed E-state index contributed by atoms with van der Waals surface area (Å²) in [6, 6.07) is 6.24. The van der Waals surface area contributed by atoms with E-state index in [9.17, 15) is 19.7 Å². The molecular formula is C18H19N5O4S. The van der Waals surface area contributed by atoms with Crippen LogP contribution in [-0.2, 0) is 26.3 Å². The summed E-state index contributed by atoms with van der Waals surface area (Å²) in [6.07, 6.45) is 1.46. The molecule has 0 unspecified atom stereocenters. The number of nitro benzene ring substituents is 1. The second-order valence-corrected chi connectivity index (χ2v) is 7.28. The van der Waals surface area contributed by atoms with Crippen LogP contribution in [0.25, 0.3) is 11.0 Å². The molecule has 2 aromatic heterocycles. The van der Waals surface area contributed by atoms with E-state index < -0.39 is 16.2 Å². The molecule has 0 N–H and O–H groups in total. The molecule has 0 fully saturated rings. The number of aryl methyl sites for hydroxylation is 2. The molecule has 0 aliphatic heterocycles. The first-order chi connectivity index (χ1) is 13.3. The van der Waals surface area contributed by atoms with Crippen LogP contribution in [0.3, 0.4) is 0 Å². The van der Waals surface area contributed by atoms with Crippen molar-refractivity contribution in [2.24, 2.45) is 14.1 Å². The SMILES string of the molecule is CCCc1nc(SCc2ccc([N+](=O)[O-])cc2)c2c(=O)n(C)c(=O)n(C)c2n1. The molecule has 1 aromatic carbocycles. The Morgan fingerprint density at radius 3 is 2.39 bits per heavy atom. The number of hydrogen-bond donors (Lipinski definition) is 0. The number of nitro groups is 1. The number of rotatable bonds is 6. The van der Waals surface area contributed by atoms with Gasteiger partial charge in [-0.3, -0.25) is 24.0 Å². The average molecular weight is 401 g/mol. The Balaban J connectivity index is 2.07. The lowest BCUT2D eigenvalue weighted by atomic mass is 10.2. The molecule has 10 heteroatoms. The molecule has 0 aliphatic carbocycles. The van der Waals surface area contributed by atoms with Gasteiger partial charge in [0.05, 0.1) is 4.92 Å². The van der Waals surface area contributed by atoms with Crippen molar-refractivity contribution in [3.63, 3.8) is 0 Å². The summed E-state index contributed by atoms with van der Waals surface area (Å²) >= 11 is 1.35. The number of nitrogens with zero attached hydrogens (tertiary/aromatic N) is 5. The van der Waals surface area contributed by atoms with E-state index in [1.54, 1.807) is 19.2 Å². The highest BCUT2D eigenvalue weighted by atomic mass is 32.2. The van der Waals surface area contributed by atoms with E-state index in [0.717, 1.165) is 16.6 Å². The zero-order valence-electron chi connectivity index (χ0n) is 15.7. The van der Waals surface area contributed by atoms with E-state index in [2.05, 4.69) is 9.97 Å². The van der Waals surface area contributed by atoms with Crippen LogP contribution >= 0.6 is 11.8 Å². The van der Waals surface area contributed by atoms with Gasteiger partial charge in [-0.05, 0) is 12.0 Å². The third-order valence-corrected chi connectivity index (χ3v) is 5.36. The van der Waals surface area contributed by atoms with Crippen LogP contribution in [-0.4, -0.2) is 24.0 Å². The van der Waals surface area contributed by atoms with Crippen LogP contribution in [0.1, 0.15) is 24.7 Å². The normalized spacial score (nSPS) is 11.1. The monoisotopic (exact) mass is 401 g/mol. The van der Waals surface area contributed by atoms with Crippen LogP contribution in [0, 0.1) is 10.1 Å². The second-order valence-electron chi connectivity index (χ2n) is 6.31. The molecule has 0 saturated carbocycles. The van der Waals surface area contributed by atoms with E-state index in [0.29, 0.717) is 34.1 Å². The summed E-state index contributed by atoms with van der Waals surface area (Å²) < 4.78 is 2.40. The van der Waals surface area contributed by atoms with Crippen molar-refractivity contribution < 1.29 is 4.92 Å². The molecule has 0 amide bonds. The van der Waals surface area contributed by atoms with Crippen LogP contribution in [0.2, 0.25) is 0 Å². The van der Waals surface area contributed by atoms with Gasteiger partial charge in [-0.2, -0.15) is 0 Å². The average Bonchev–Trinajstić information content (AvgIpc) is 2.69. The Morgan fingerprint density at radius 1 is 1.11 bits per heavy atom. The molecule has 146 valence electrons. The fourth-order valence-electron chi connectivity index (χ4n) is 2.78. The zero-order valence-corrected chi connectivity index (χ0v) is 16.5. The van der Waals surface area contributed by atoms with Gasteiger partial charge in [0.25, 0.3) is 11.2 Å². The van der Waals surface area contributed by atoms with Crippen molar-refractivity contribution in [3.05, 3.63) is 66.6 Å². The molecule has 3 rings (SSSR count).